The van der Waals surface area contributed by atoms with Gasteiger partial charge in [-0.1, -0.05) is 12.1 Å². The highest BCUT2D eigenvalue weighted by Crippen LogP contribution is 2.32. The number of rotatable bonds is 6. The maximum absolute atomic E-state index is 12.7. The predicted molar refractivity (Wildman–Crippen MR) is 87.7 cm³/mol. The van der Waals surface area contributed by atoms with E-state index in [0.717, 1.165) is 12.8 Å². The minimum Gasteiger partial charge on any atom is -0.495 e. The number of methoxy groups -OCH3 is 1. The number of sulfonamides is 1. The zero-order valence-corrected chi connectivity index (χ0v) is 14.1. The van der Waals surface area contributed by atoms with Gasteiger partial charge >= 0.3 is 5.97 Å². The number of allylic oxidation sites excluding steroid dienone is 1. The number of carbonyl (C=O) groups is 1. The molecule has 1 aromatic rings. The van der Waals surface area contributed by atoms with Crippen molar-refractivity contribution in [3.8, 4) is 5.75 Å². The molecule has 1 N–H and O–H groups in total. The molecule has 23 heavy (non-hydrogen) atoms. The number of esters is 1. The Bertz CT molecular complexity index is 709. The summed E-state index contributed by atoms with van der Waals surface area (Å²) in [5.74, 6) is -0.127. The molecular formula is C16H21NO5S. The van der Waals surface area contributed by atoms with E-state index in [9.17, 15) is 13.2 Å². The summed E-state index contributed by atoms with van der Waals surface area (Å²) in [6, 6.07) is 6.74. The minimum absolute atomic E-state index is 0.119. The number of carbonyl (C=O) groups excluding carboxylic acids is 1. The van der Waals surface area contributed by atoms with Crippen molar-refractivity contribution in [2.75, 3.05) is 18.4 Å². The van der Waals surface area contributed by atoms with Gasteiger partial charge in [0.05, 0.1) is 29.9 Å². The van der Waals surface area contributed by atoms with Crippen LogP contribution in [0.2, 0.25) is 0 Å². The molecule has 0 saturated carbocycles. The van der Waals surface area contributed by atoms with Gasteiger partial charge in [-0.2, -0.15) is 0 Å². The van der Waals surface area contributed by atoms with E-state index in [0.29, 0.717) is 24.3 Å². The van der Waals surface area contributed by atoms with Crippen LogP contribution in [0.15, 0.2) is 34.7 Å². The number of para-hydroxylation sites is 2. The lowest BCUT2D eigenvalue weighted by Gasteiger charge is -2.20. The lowest BCUT2D eigenvalue weighted by atomic mass is 9.99. The Kier molecular flexibility index (Phi) is 5.65. The standard InChI is InChI=1S/C16H21NO5S/c1-3-22-16(18)12-8-4-7-11-15(12)23(19,20)17-13-9-5-6-10-14(13)21-2/h5-6,9-10,17H,3-4,7-8,11H2,1-2H3. The predicted octanol–water partition coefficient (Wildman–Crippen LogP) is 2.83. The topological polar surface area (TPSA) is 81.7 Å². The Labute approximate surface area is 136 Å². The van der Waals surface area contributed by atoms with E-state index in [2.05, 4.69) is 4.72 Å². The molecule has 6 nitrogen and oxygen atoms in total. The number of anilines is 1. The van der Waals surface area contributed by atoms with Gasteiger partial charge in [0.1, 0.15) is 5.75 Å². The quantitative estimate of drug-likeness (QED) is 0.806. The minimum atomic E-state index is -3.83. The van der Waals surface area contributed by atoms with E-state index >= 15 is 0 Å². The van der Waals surface area contributed by atoms with E-state index in [1.807, 2.05) is 0 Å². The lowest BCUT2D eigenvalue weighted by Crippen LogP contribution is -2.22. The molecular weight excluding hydrogens is 318 g/mol. The maximum Gasteiger partial charge on any atom is 0.335 e. The van der Waals surface area contributed by atoms with Crippen LogP contribution in [-0.4, -0.2) is 28.1 Å². The van der Waals surface area contributed by atoms with Crippen LogP contribution in [-0.2, 0) is 19.6 Å². The second-order valence-electron chi connectivity index (χ2n) is 5.14. The molecule has 126 valence electrons. The van der Waals surface area contributed by atoms with Crippen molar-refractivity contribution in [1.29, 1.82) is 0 Å². The number of ether oxygens (including phenoxy) is 2. The molecule has 0 saturated heterocycles. The van der Waals surface area contributed by atoms with E-state index in [1.165, 1.54) is 7.11 Å². The van der Waals surface area contributed by atoms with Gasteiger partial charge in [-0.15, -0.1) is 0 Å². The third-order valence-electron chi connectivity index (χ3n) is 3.61. The van der Waals surface area contributed by atoms with Crippen LogP contribution in [0.25, 0.3) is 0 Å². The average Bonchev–Trinajstić information content (AvgIpc) is 2.55. The Morgan fingerprint density at radius 2 is 1.91 bits per heavy atom. The van der Waals surface area contributed by atoms with Crippen LogP contribution in [0.3, 0.4) is 0 Å². The van der Waals surface area contributed by atoms with Crippen LogP contribution in [0.4, 0.5) is 5.69 Å². The van der Waals surface area contributed by atoms with Gasteiger partial charge in [0.25, 0.3) is 10.0 Å². The van der Waals surface area contributed by atoms with Crippen molar-refractivity contribution in [1.82, 2.24) is 0 Å². The van der Waals surface area contributed by atoms with Gasteiger partial charge in [-0.05, 0) is 44.7 Å². The molecule has 0 bridgehead atoms. The third-order valence-corrected chi connectivity index (χ3v) is 5.20. The summed E-state index contributed by atoms with van der Waals surface area (Å²) < 4.78 is 38.1. The molecule has 0 spiro atoms. The second-order valence-corrected chi connectivity index (χ2v) is 6.84. The zero-order valence-electron chi connectivity index (χ0n) is 13.3. The molecule has 1 aliphatic carbocycles. The maximum atomic E-state index is 12.7. The van der Waals surface area contributed by atoms with Gasteiger partial charge in [0.2, 0.25) is 0 Å². The molecule has 0 radical (unpaired) electrons. The molecule has 2 rings (SSSR count). The second kappa shape index (κ2) is 7.50. The molecule has 0 atom stereocenters. The first kappa shape index (κ1) is 17.3. The monoisotopic (exact) mass is 339 g/mol. The first-order chi connectivity index (χ1) is 11.0. The van der Waals surface area contributed by atoms with Crippen molar-refractivity contribution in [2.45, 2.75) is 32.6 Å². The zero-order chi connectivity index (χ0) is 16.9. The van der Waals surface area contributed by atoms with Gasteiger partial charge < -0.3 is 9.47 Å². The molecule has 0 fully saturated rings. The van der Waals surface area contributed by atoms with Crippen LogP contribution in [0, 0.1) is 0 Å². The Morgan fingerprint density at radius 1 is 1.22 bits per heavy atom. The Balaban J connectivity index is 2.38. The van der Waals surface area contributed by atoms with Crippen LogP contribution < -0.4 is 9.46 Å². The van der Waals surface area contributed by atoms with Crippen LogP contribution in [0.1, 0.15) is 32.6 Å². The highest BCUT2D eigenvalue weighted by molar-refractivity contribution is 7.96. The number of benzene rings is 1. The largest absolute Gasteiger partial charge is 0.495 e. The highest BCUT2D eigenvalue weighted by atomic mass is 32.2. The summed E-state index contributed by atoms with van der Waals surface area (Å²) >= 11 is 0. The normalized spacial score (nSPS) is 15.2. The van der Waals surface area contributed by atoms with Gasteiger partial charge in [-0.3, -0.25) is 4.72 Å². The third kappa shape index (κ3) is 4.04. The molecule has 1 aromatic carbocycles. The van der Waals surface area contributed by atoms with Crippen molar-refractivity contribution in [3.05, 3.63) is 34.7 Å². The Morgan fingerprint density at radius 3 is 2.61 bits per heavy atom. The molecule has 0 aliphatic heterocycles. The summed E-state index contributed by atoms with van der Waals surface area (Å²) in [4.78, 5) is 12.2. The van der Waals surface area contributed by atoms with E-state index in [-0.39, 0.29) is 17.1 Å². The van der Waals surface area contributed by atoms with E-state index < -0.39 is 16.0 Å². The summed E-state index contributed by atoms with van der Waals surface area (Å²) in [7, 11) is -2.36. The van der Waals surface area contributed by atoms with Crippen LogP contribution in [0.5, 0.6) is 5.75 Å². The summed E-state index contributed by atoms with van der Waals surface area (Å²) in [6.07, 6.45) is 2.26. The molecule has 0 unspecified atom stereocenters. The average molecular weight is 339 g/mol. The highest BCUT2D eigenvalue weighted by Gasteiger charge is 2.29. The van der Waals surface area contributed by atoms with Crippen molar-refractivity contribution in [3.63, 3.8) is 0 Å². The number of hydrogen-bond donors (Lipinski definition) is 1. The first-order valence-electron chi connectivity index (χ1n) is 7.54. The van der Waals surface area contributed by atoms with Gasteiger partial charge in [-0.25, -0.2) is 13.2 Å². The van der Waals surface area contributed by atoms with Crippen molar-refractivity contribution < 1.29 is 22.7 Å². The van der Waals surface area contributed by atoms with Crippen molar-refractivity contribution in [2.24, 2.45) is 0 Å². The summed E-state index contributed by atoms with van der Waals surface area (Å²) in [6.45, 7) is 1.91. The fourth-order valence-electron chi connectivity index (χ4n) is 2.54. The fourth-order valence-corrected chi connectivity index (χ4v) is 4.05. The van der Waals surface area contributed by atoms with Gasteiger partial charge in [0.15, 0.2) is 0 Å². The lowest BCUT2D eigenvalue weighted by molar-refractivity contribution is -0.138. The molecule has 7 heteroatoms. The number of nitrogens with one attached hydrogen (secondary N) is 1. The molecule has 1 aliphatic rings. The molecule has 0 amide bonds. The number of hydrogen-bond acceptors (Lipinski definition) is 5. The van der Waals surface area contributed by atoms with Crippen molar-refractivity contribution >= 4 is 21.7 Å². The Hall–Kier alpha value is -2.02. The first-order valence-corrected chi connectivity index (χ1v) is 9.03. The molecule has 0 aromatic heterocycles. The van der Waals surface area contributed by atoms with Gasteiger partial charge in [0, 0.05) is 0 Å². The molecule has 0 heterocycles. The van der Waals surface area contributed by atoms with E-state index in [4.69, 9.17) is 9.47 Å². The fraction of sp³-hybridized carbons (Fsp3) is 0.438. The van der Waals surface area contributed by atoms with Crippen LogP contribution >= 0.6 is 0 Å². The summed E-state index contributed by atoms with van der Waals surface area (Å²) in [5.41, 5.74) is 0.594. The SMILES string of the molecule is CCOC(=O)C1=C(S(=O)(=O)Nc2ccccc2OC)CCCC1. The van der Waals surface area contributed by atoms with E-state index in [1.54, 1.807) is 31.2 Å². The smallest absolute Gasteiger partial charge is 0.335 e. The summed E-state index contributed by atoms with van der Waals surface area (Å²) in [5, 5.41) is 0.